The predicted octanol–water partition coefficient (Wildman–Crippen LogP) is 1.58. The molecular formula is C13H14BrN3O3. The van der Waals surface area contributed by atoms with E-state index in [1.165, 1.54) is 0 Å². The van der Waals surface area contributed by atoms with E-state index in [0.717, 1.165) is 9.99 Å². The maximum Gasteiger partial charge on any atom is 0.290 e. The quantitative estimate of drug-likeness (QED) is 0.833. The predicted molar refractivity (Wildman–Crippen MR) is 76.2 cm³/mol. The van der Waals surface area contributed by atoms with Crippen LogP contribution in [0, 0.1) is 0 Å². The molecule has 0 aliphatic carbocycles. The molecule has 0 bridgehead atoms. The first kappa shape index (κ1) is 13.4. The minimum absolute atomic E-state index is 0.0855. The minimum atomic E-state index is -0.0855. The Morgan fingerprint density at radius 3 is 2.90 bits per heavy atom. The third kappa shape index (κ3) is 2.27. The van der Waals surface area contributed by atoms with Crippen LogP contribution in [0.25, 0.3) is 5.52 Å². The maximum atomic E-state index is 12.5. The van der Waals surface area contributed by atoms with Crippen molar-refractivity contribution in [1.82, 2.24) is 14.3 Å². The molecule has 3 heterocycles. The van der Waals surface area contributed by atoms with E-state index in [2.05, 4.69) is 20.9 Å². The van der Waals surface area contributed by atoms with Gasteiger partial charge >= 0.3 is 0 Å². The largest absolute Gasteiger partial charge is 0.494 e. The smallest absolute Gasteiger partial charge is 0.290 e. The van der Waals surface area contributed by atoms with Gasteiger partial charge in [0.25, 0.3) is 5.91 Å². The van der Waals surface area contributed by atoms with Crippen molar-refractivity contribution in [2.45, 2.75) is 0 Å². The summed E-state index contributed by atoms with van der Waals surface area (Å²) in [6.45, 7) is 2.34. The van der Waals surface area contributed by atoms with Crippen LogP contribution >= 0.6 is 15.9 Å². The Kier molecular flexibility index (Phi) is 3.62. The first-order chi connectivity index (χ1) is 9.70. The van der Waals surface area contributed by atoms with Crippen molar-refractivity contribution in [3.05, 3.63) is 28.8 Å². The SMILES string of the molecule is COc1cn2c(C(=O)N3CCOCC3)ncc2cc1Br. The third-order valence-electron chi connectivity index (χ3n) is 3.29. The topological polar surface area (TPSA) is 56.1 Å². The summed E-state index contributed by atoms with van der Waals surface area (Å²) in [5, 5.41) is 0. The third-order valence-corrected chi connectivity index (χ3v) is 3.91. The molecule has 0 radical (unpaired) electrons. The number of methoxy groups -OCH3 is 1. The lowest BCUT2D eigenvalue weighted by Crippen LogP contribution is -2.41. The molecule has 0 unspecified atom stereocenters. The van der Waals surface area contributed by atoms with E-state index < -0.39 is 0 Å². The van der Waals surface area contributed by atoms with Crippen LogP contribution in [0.2, 0.25) is 0 Å². The zero-order chi connectivity index (χ0) is 14.1. The number of hydrogen-bond acceptors (Lipinski definition) is 4. The summed E-state index contributed by atoms with van der Waals surface area (Å²) in [7, 11) is 1.59. The summed E-state index contributed by atoms with van der Waals surface area (Å²) in [5.41, 5.74) is 0.842. The van der Waals surface area contributed by atoms with Gasteiger partial charge in [-0.05, 0) is 22.0 Å². The van der Waals surface area contributed by atoms with Gasteiger partial charge in [-0.3, -0.25) is 9.20 Å². The van der Waals surface area contributed by atoms with Gasteiger partial charge in [0.2, 0.25) is 5.82 Å². The standard InChI is InChI=1S/C13H14BrN3O3/c1-19-11-8-17-9(6-10(11)14)7-15-12(17)13(18)16-2-4-20-5-3-16/h6-8H,2-5H2,1H3. The summed E-state index contributed by atoms with van der Waals surface area (Å²) in [6.07, 6.45) is 3.44. The molecule has 1 aliphatic heterocycles. The Morgan fingerprint density at radius 2 is 2.20 bits per heavy atom. The summed E-state index contributed by atoms with van der Waals surface area (Å²) in [6, 6.07) is 1.88. The molecule has 6 nitrogen and oxygen atoms in total. The molecule has 2 aromatic heterocycles. The van der Waals surface area contributed by atoms with Gasteiger partial charge in [-0.1, -0.05) is 0 Å². The lowest BCUT2D eigenvalue weighted by Gasteiger charge is -2.26. The van der Waals surface area contributed by atoms with Crippen molar-refractivity contribution in [3.63, 3.8) is 0 Å². The van der Waals surface area contributed by atoms with Crippen LogP contribution in [0.15, 0.2) is 22.9 Å². The maximum absolute atomic E-state index is 12.5. The average molecular weight is 340 g/mol. The van der Waals surface area contributed by atoms with Gasteiger partial charge in [0, 0.05) is 13.1 Å². The van der Waals surface area contributed by atoms with Crippen LogP contribution in [-0.2, 0) is 4.74 Å². The monoisotopic (exact) mass is 339 g/mol. The number of nitrogens with zero attached hydrogens (tertiary/aromatic N) is 3. The molecule has 7 heteroatoms. The molecule has 2 aromatic rings. The van der Waals surface area contributed by atoms with E-state index in [1.807, 2.05) is 6.07 Å². The molecule has 0 aromatic carbocycles. The number of halogens is 1. The van der Waals surface area contributed by atoms with Gasteiger partial charge in [-0.2, -0.15) is 0 Å². The Labute approximate surface area is 124 Å². The van der Waals surface area contributed by atoms with Crippen LogP contribution < -0.4 is 4.74 Å². The fraction of sp³-hybridized carbons (Fsp3) is 0.385. The van der Waals surface area contributed by atoms with E-state index in [9.17, 15) is 4.79 Å². The second-order valence-electron chi connectivity index (χ2n) is 4.47. The Balaban J connectivity index is 2.00. The molecule has 106 valence electrons. The molecule has 0 N–H and O–H groups in total. The Bertz CT molecular complexity index is 650. The number of hydrogen-bond donors (Lipinski definition) is 0. The van der Waals surface area contributed by atoms with Gasteiger partial charge in [-0.25, -0.2) is 4.98 Å². The Hall–Kier alpha value is -1.60. The van der Waals surface area contributed by atoms with Crippen molar-refractivity contribution in [1.29, 1.82) is 0 Å². The molecular weight excluding hydrogens is 326 g/mol. The second kappa shape index (κ2) is 5.41. The van der Waals surface area contributed by atoms with Crippen LogP contribution in [0.4, 0.5) is 0 Å². The zero-order valence-electron chi connectivity index (χ0n) is 11.0. The highest BCUT2D eigenvalue weighted by Gasteiger charge is 2.22. The summed E-state index contributed by atoms with van der Waals surface area (Å²) in [5.74, 6) is 0.969. The highest BCUT2D eigenvalue weighted by Crippen LogP contribution is 2.26. The number of carbonyl (C=O) groups excluding carboxylic acids is 1. The number of imidazole rings is 1. The van der Waals surface area contributed by atoms with Gasteiger partial charge in [-0.15, -0.1) is 0 Å². The molecule has 0 spiro atoms. The number of ether oxygens (including phenoxy) is 2. The molecule has 0 saturated carbocycles. The summed E-state index contributed by atoms with van der Waals surface area (Å²) < 4.78 is 13.1. The molecule has 1 fully saturated rings. The second-order valence-corrected chi connectivity index (χ2v) is 5.33. The highest BCUT2D eigenvalue weighted by molar-refractivity contribution is 9.10. The van der Waals surface area contributed by atoms with E-state index in [1.54, 1.807) is 28.8 Å². The average Bonchev–Trinajstić information content (AvgIpc) is 2.89. The molecule has 1 saturated heterocycles. The summed E-state index contributed by atoms with van der Waals surface area (Å²) in [4.78, 5) is 18.5. The van der Waals surface area contributed by atoms with E-state index >= 15 is 0 Å². The van der Waals surface area contributed by atoms with E-state index in [4.69, 9.17) is 9.47 Å². The Morgan fingerprint density at radius 1 is 1.45 bits per heavy atom. The highest BCUT2D eigenvalue weighted by atomic mass is 79.9. The van der Waals surface area contributed by atoms with Gasteiger partial charge in [0.15, 0.2) is 0 Å². The molecule has 0 atom stereocenters. The van der Waals surface area contributed by atoms with Crippen LogP contribution in [0.3, 0.4) is 0 Å². The number of aromatic nitrogens is 2. The summed E-state index contributed by atoms with van der Waals surface area (Å²) >= 11 is 3.42. The normalized spacial score (nSPS) is 15.6. The van der Waals surface area contributed by atoms with Crippen molar-refractivity contribution in [3.8, 4) is 5.75 Å². The molecule has 1 aliphatic rings. The fourth-order valence-electron chi connectivity index (χ4n) is 2.21. The zero-order valence-corrected chi connectivity index (χ0v) is 12.6. The lowest BCUT2D eigenvalue weighted by molar-refractivity contribution is 0.0294. The van der Waals surface area contributed by atoms with Crippen LogP contribution in [0.5, 0.6) is 5.75 Å². The van der Waals surface area contributed by atoms with Crippen molar-refractivity contribution in [2.75, 3.05) is 33.4 Å². The number of carbonyl (C=O) groups is 1. The van der Waals surface area contributed by atoms with Gasteiger partial charge < -0.3 is 14.4 Å². The van der Waals surface area contributed by atoms with Gasteiger partial charge in [0.05, 0.1) is 42.7 Å². The first-order valence-electron chi connectivity index (χ1n) is 6.28. The minimum Gasteiger partial charge on any atom is -0.494 e. The van der Waals surface area contributed by atoms with Crippen LogP contribution in [-0.4, -0.2) is 53.6 Å². The van der Waals surface area contributed by atoms with Crippen molar-refractivity contribution < 1.29 is 14.3 Å². The molecule has 3 rings (SSSR count). The van der Waals surface area contributed by atoms with E-state index in [-0.39, 0.29) is 5.91 Å². The number of rotatable bonds is 2. The van der Waals surface area contributed by atoms with Gasteiger partial charge in [0.1, 0.15) is 5.75 Å². The number of amides is 1. The number of morpholine rings is 1. The molecule has 1 amide bonds. The van der Waals surface area contributed by atoms with Crippen molar-refractivity contribution >= 4 is 27.4 Å². The van der Waals surface area contributed by atoms with Crippen LogP contribution in [0.1, 0.15) is 10.6 Å². The first-order valence-corrected chi connectivity index (χ1v) is 7.07. The molecule has 20 heavy (non-hydrogen) atoms. The van der Waals surface area contributed by atoms with Crippen molar-refractivity contribution in [2.24, 2.45) is 0 Å². The number of pyridine rings is 1. The number of fused-ring (bicyclic) bond motifs is 1. The van der Waals surface area contributed by atoms with E-state index in [0.29, 0.717) is 37.9 Å². The fourth-order valence-corrected chi connectivity index (χ4v) is 2.71. The lowest BCUT2D eigenvalue weighted by atomic mass is 10.3.